The van der Waals surface area contributed by atoms with Crippen molar-refractivity contribution >= 4 is 5.91 Å². The molecule has 2 rings (SSSR count). The molecule has 0 spiro atoms. The Morgan fingerprint density at radius 3 is 2.63 bits per heavy atom. The SMILES string of the molecule is COc1ccc(CCC(C)N2CC(O)CC2=O)cc1. The van der Waals surface area contributed by atoms with Gasteiger partial charge in [-0.3, -0.25) is 4.79 Å². The lowest BCUT2D eigenvalue weighted by Gasteiger charge is -2.24. The number of hydrogen-bond donors (Lipinski definition) is 1. The lowest BCUT2D eigenvalue weighted by atomic mass is 10.1. The number of aliphatic hydroxyl groups is 1. The highest BCUT2D eigenvalue weighted by Gasteiger charge is 2.30. The molecule has 4 heteroatoms. The molecule has 0 bridgehead atoms. The standard InChI is InChI=1S/C15H21NO3/c1-11(16-10-13(17)9-15(16)18)3-4-12-5-7-14(19-2)8-6-12/h5-8,11,13,17H,3-4,9-10H2,1-2H3. The Kier molecular flexibility index (Phi) is 4.43. The van der Waals surface area contributed by atoms with E-state index < -0.39 is 6.10 Å². The van der Waals surface area contributed by atoms with Crippen LogP contribution in [0.1, 0.15) is 25.3 Å². The molecule has 1 aromatic carbocycles. The predicted octanol–water partition coefficient (Wildman–Crippen LogP) is 1.61. The first-order valence-corrected chi connectivity index (χ1v) is 6.70. The number of carbonyl (C=O) groups excluding carboxylic acids is 1. The Morgan fingerprint density at radius 1 is 1.42 bits per heavy atom. The summed E-state index contributed by atoms with van der Waals surface area (Å²) in [6.45, 7) is 2.52. The molecule has 4 nitrogen and oxygen atoms in total. The molecule has 0 radical (unpaired) electrons. The molecular formula is C15H21NO3. The second-order valence-electron chi connectivity index (χ2n) is 5.14. The van der Waals surface area contributed by atoms with Crippen molar-refractivity contribution in [2.24, 2.45) is 0 Å². The molecule has 0 aliphatic carbocycles. The van der Waals surface area contributed by atoms with E-state index in [1.54, 1.807) is 12.0 Å². The van der Waals surface area contributed by atoms with Gasteiger partial charge in [0.05, 0.1) is 19.6 Å². The lowest BCUT2D eigenvalue weighted by Crippen LogP contribution is -2.35. The van der Waals surface area contributed by atoms with Crippen LogP contribution in [-0.2, 0) is 11.2 Å². The zero-order chi connectivity index (χ0) is 13.8. The van der Waals surface area contributed by atoms with E-state index in [0.29, 0.717) is 6.54 Å². The molecule has 19 heavy (non-hydrogen) atoms. The number of β-amino-alcohol motifs (C(OH)–C–C–N with tert-alkyl or cyclic N) is 1. The van der Waals surface area contributed by atoms with Crippen LogP contribution in [0.2, 0.25) is 0 Å². The predicted molar refractivity (Wildman–Crippen MR) is 73.1 cm³/mol. The van der Waals surface area contributed by atoms with Gasteiger partial charge in [-0.15, -0.1) is 0 Å². The van der Waals surface area contributed by atoms with Crippen molar-refractivity contribution in [2.45, 2.75) is 38.3 Å². The fourth-order valence-electron chi connectivity index (χ4n) is 2.46. The van der Waals surface area contributed by atoms with Crippen molar-refractivity contribution < 1.29 is 14.6 Å². The van der Waals surface area contributed by atoms with Gasteiger partial charge in [-0.25, -0.2) is 0 Å². The van der Waals surface area contributed by atoms with Crippen LogP contribution < -0.4 is 4.74 Å². The largest absolute Gasteiger partial charge is 0.497 e. The van der Waals surface area contributed by atoms with Crippen molar-refractivity contribution in [1.29, 1.82) is 0 Å². The number of aryl methyl sites for hydroxylation is 1. The highest BCUT2D eigenvalue weighted by atomic mass is 16.5. The molecule has 0 saturated carbocycles. The topological polar surface area (TPSA) is 49.8 Å². The van der Waals surface area contributed by atoms with Gasteiger partial charge in [0.15, 0.2) is 0 Å². The molecule has 1 aliphatic rings. The zero-order valence-electron chi connectivity index (χ0n) is 11.5. The molecular weight excluding hydrogens is 242 g/mol. The monoisotopic (exact) mass is 263 g/mol. The Bertz CT molecular complexity index is 430. The molecule has 0 aromatic heterocycles. The number of ether oxygens (including phenoxy) is 1. The van der Waals surface area contributed by atoms with Crippen LogP contribution in [0.15, 0.2) is 24.3 Å². The van der Waals surface area contributed by atoms with Crippen LogP contribution in [0.3, 0.4) is 0 Å². The maximum atomic E-state index is 11.7. The number of hydrogen-bond acceptors (Lipinski definition) is 3. The molecule has 1 aliphatic heterocycles. The van der Waals surface area contributed by atoms with Gasteiger partial charge in [0.1, 0.15) is 5.75 Å². The van der Waals surface area contributed by atoms with E-state index in [-0.39, 0.29) is 18.4 Å². The highest BCUT2D eigenvalue weighted by Crippen LogP contribution is 2.19. The van der Waals surface area contributed by atoms with Gasteiger partial charge in [0.25, 0.3) is 0 Å². The summed E-state index contributed by atoms with van der Waals surface area (Å²) in [5.41, 5.74) is 1.24. The van der Waals surface area contributed by atoms with Gasteiger partial charge in [0, 0.05) is 12.6 Å². The number of nitrogens with zero attached hydrogens (tertiary/aromatic N) is 1. The summed E-state index contributed by atoms with van der Waals surface area (Å²) in [5.74, 6) is 0.921. The third-order valence-electron chi connectivity index (χ3n) is 3.68. The average Bonchev–Trinajstić information content (AvgIpc) is 2.75. The van der Waals surface area contributed by atoms with Crippen LogP contribution in [0.4, 0.5) is 0 Å². The van der Waals surface area contributed by atoms with Crippen LogP contribution in [0, 0.1) is 0 Å². The summed E-state index contributed by atoms with van der Waals surface area (Å²) in [5, 5.41) is 9.49. The van der Waals surface area contributed by atoms with Crippen molar-refractivity contribution in [3.63, 3.8) is 0 Å². The third-order valence-corrected chi connectivity index (χ3v) is 3.68. The summed E-state index contributed by atoms with van der Waals surface area (Å²) < 4.78 is 5.12. The van der Waals surface area contributed by atoms with Gasteiger partial charge >= 0.3 is 0 Å². The van der Waals surface area contributed by atoms with E-state index in [4.69, 9.17) is 4.74 Å². The number of methoxy groups -OCH3 is 1. The Balaban J connectivity index is 1.85. The first-order chi connectivity index (χ1) is 9.10. The van der Waals surface area contributed by atoms with Gasteiger partial charge < -0.3 is 14.7 Å². The zero-order valence-corrected chi connectivity index (χ0v) is 11.5. The molecule has 1 saturated heterocycles. The second-order valence-corrected chi connectivity index (χ2v) is 5.14. The van der Waals surface area contributed by atoms with E-state index in [0.717, 1.165) is 18.6 Å². The van der Waals surface area contributed by atoms with Gasteiger partial charge in [-0.2, -0.15) is 0 Å². The third kappa shape index (κ3) is 3.47. The van der Waals surface area contributed by atoms with Crippen molar-refractivity contribution in [3.05, 3.63) is 29.8 Å². The first kappa shape index (κ1) is 13.9. The van der Waals surface area contributed by atoms with E-state index >= 15 is 0 Å². The van der Waals surface area contributed by atoms with E-state index in [2.05, 4.69) is 0 Å². The van der Waals surface area contributed by atoms with Crippen molar-refractivity contribution in [1.82, 2.24) is 4.90 Å². The Labute approximate surface area is 114 Å². The molecule has 1 N–H and O–H groups in total. The maximum absolute atomic E-state index is 11.7. The number of likely N-dealkylation sites (tertiary alicyclic amines) is 1. The number of benzene rings is 1. The molecule has 1 amide bonds. The fraction of sp³-hybridized carbons (Fsp3) is 0.533. The minimum atomic E-state index is -0.490. The Hall–Kier alpha value is -1.55. The lowest BCUT2D eigenvalue weighted by molar-refractivity contribution is -0.129. The maximum Gasteiger partial charge on any atom is 0.225 e. The van der Waals surface area contributed by atoms with Crippen LogP contribution in [0.25, 0.3) is 0 Å². The first-order valence-electron chi connectivity index (χ1n) is 6.70. The summed E-state index contributed by atoms with van der Waals surface area (Å²) in [7, 11) is 1.65. The van der Waals surface area contributed by atoms with Gasteiger partial charge in [-0.1, -0.05) is 12.1 Å². The smallest absolute Gasteiger partial charge is 0.225 e. The highest BCUT2D eigenvalue weighted by molar-refractivity contribution is 5.79. The molecule has 1 heterocycles. The van der Waals surface area contributed by atoms with E-state index in [9.17, 15) is 9.90 Å². The van der Waals surface area contributed by atoms with Crippen molar-refractivity contribution in [3.8, 4) is 5.75 Å². The fourth-order valence-corrected chi connectivity index (χ4v) is 2.46. The average molecular weight is 263 g/mol. The number of rotatable bonds is 5. The quantitative estimate of drug-likeness (QED) is 0.878. The van der Waals surface area contributed by atoms with Crippen LogP contribution in [0.5, 0.6) is 5.75 Å². The molecule has 1 aromatic rings. The molecule has 1 fully saturated rings. The second kappa shape index (κ2) is 6.06. The summed E-state index contributed by atoms with van der Waals surface area (Å²) in [6, 6.07) is 8.17. The minimum Gasteiger partial charge on any atom is -0.497 e. The number of carbonyl (C=O) groups is 1. The molecule has 2 unspecified atom stereocenters. The summed E-state index contributed by atoms with van der Waals surface area (Å²) in [6.07, 6.45) is 1.61. The Morgan fingerprint density at radius 2 is 2.11 bits per heavy atom. The minimum absolute atomic E-state index is 0.0646. The van der Waals surface area contributed by atoms with Crippen LogP contribution in [-0.4, -0.2) is 41.7 Å². The normalized spacial score (nSPS) is 20.7. The van der Waals surface area contributed by atoms with Crippen molar-refractivity contribution in [2.75, 3.05) is 13.7 Å². The van der Waals surface area contributed by atoms with Gasteiger partial charge in [-0.05, 0) is 37.5 Å². The summed E-state index contributed by atoms with van der Waals surface area (Å²) in [4.78, 5) is 13.5. The van der Waals surface area contributed by atoms with E-state index in [1.165, 1.54) is 5.56 Å². The summed E-state index contributed by atoms with van der Waals surface area (Å²) >= 11 is 0. The van der Waals surface area contributed by atoms with E-state index in [1.807, 2.05) is 31.2 Å². The van der Waals surface area contributed by atoms with Gasteiger partial charge in [0.2, 0.25) is 5.91 Å². The number of amides is 1. The molecule has 104 valence electrons. The number of aliphatic hydroxyl groups excluding tert-OH is 1. The van der Waals surface area contributed by atoms with Crippen LogP contribution >= 0.6 is 0 Å². The molecule has 2 atom stereocenters.